The van der Waals surface area contributed by atoms with Crippen molar-refractivity contribution in [3.05, 3.63) is 29.8 Å². The van der Waals surface area contributed by atoms with Gasteiger partial charge in [0.05, 0.1) is 32.8 Å². The van der Waals surface area contributed by atoms with Gasteiger partial charge < -0.3 is 9.47 Å². The normalized spacial score (nSPS) is 23.9. The highest BCUT2D eigenvalue weighted by Gasteiger charge is 2.45. The van der Waals surface area contributed by atoms with Gasteiger partial charge in [0, 0.05) is 17.9 Å². The van der Waals surface area contributed by atoms with E-state index in [1.165, 1.54) is 12.2 Å². The molecule has 1 amide bonds. The van der Waals surface area contributed by atoms with Gasteiger partial charge in [-0.15, -0.1) is 0 Å². The molecule has 0 aromatic heterocycles. The molecule has 0 bridgehead atoms. The van der Waals surface area contributed by atoms with Gasteiger partial charge in [-0.3, -0.25) is 14.4 Å². The van der Waals surface area contributed by atoms with E-state index in [1.807, 2.05) is 38.1 Å². The van der Waals surface area contributed by atoms with E-state index < -0.39 is 5.41 Å². The summed E-state index contributed by atoms with van der Waals surface area (Å²) in [4.78, 5) is 30.4. The number of rotatable bonds is 5. The molecule has 0 N–H and O–H groups in total. The maximum Gasteiger partial charge on any atom is 0.306 e. The number of hydrogen-bond acceptors (Lipinski definition) is 5. The second-order valence-corrected chi connectivity index (χ2v) is 7.16. The van der Waals surface area contributed by atoms with Crippen LogP contribution in [0.1, 0.15) is 44.7 Å². The molecule has 2 aliphatic rings. The van der Waals surface area contributed by atoms with E-state index in [9.17, 15) is 9.59 Å². The number of nitrogens with zero attached hydrogens (tertiary/aromatic N) is 1. The largest absolute Gasteiger partial charge is 0.493 e. The molecular formula is C19H25NO5. The molecule has 6 nitrogen and oxygen atoms in total. The maximum absolute atomic E-state index is 13.0. The number of hydrogen-bond donors (Lipinski definition) is 0. The molecule has 0 unspecified atom stereocenters. The van der Waals surface area contributed by atoms with E-state index in [0.717, 1.165) is 11.3 Å². The molecule has 2 heterocycles. The number of benzene rings is 1. The highest BCUT2D eigenvalue weighted by atomic mass is 16.7. The molecule has 0 saturated carbocycles. The van der Waals surface area contributed by atoms with Gasteiger partial charge in [-0.1, -0.05) is 32.0 Å². The van der Waals surface area contributed by atoms with Crippen LogP contribution in [0.3, 0.4) is 0 Å². The quantitative estimate of drug-likeness (QED) is 0.766. The fourth-order valence-corrected chi connectivity index (χ4v) is 3.51. The Balaban J connectivity index is 1.78. The predicted molar refractivity (Wildman–Crippen MR) is 90.6 cm³/mol. The van der Waals surface area contributed by atoms with E-state index in [4.69, 9.17) is 14.3 Å². The Morgan fingerprint density at radius 2 is 2.04 bits per heavy atom. The summed E-state index contributed by atoms with van der Waals surface area (Å²) in [7, 11) is 1.37. The molecule has 0 aliphatic carbocycles. The Morgan fingerprint density at radius 1 is 1.28 bits per heavy atom. The van der Waals surface area contributed by atoms with Crippen molar-refractivity contribution < 1.29 is 23.9 Å². The van der Waals surface area contributed by atoms with Crippen LogP contribution in [0.5, 0.6) is 5.75 Å². The summed E-state index contributed by atoms with van der Waals surface area (Å²) < 4.78 is 10.6. The number of fused-ring (bicyclic) bond motifs is 3. The average molecular weight is 347 g/mol. The molecule has 1 aromatic carbocycles. The molecule has 1 fully saturated rings. The number of amides is 1. The van der Waals surface area contributed by atoms with Gasteiger partial charge in [-0.25, -0.2) is 5.06 Å². The van der Waals surface area contributed by atoms with Crippen LogP contribution in [0.4, 0.5) is 0 Å². The highest BCUT2D eigenvalue weighted by Crippen LogP contribution is 2.44. The molecular weight excluding hydrogens is 322 g/mol. The number of hydroxylamine groups is 2. The Kier molecular flexibility index (Phi) is 4.99. The third-order valence-corrected chi connectivity index (χ3v) is 5.29. The van der Waals surface area contributed by atoms with E-state index >= 15 is 0 Å². The standard InChI is InChI=1S/C19H25NO5/c1-4-19(2,10-17(22)23-3)9-16(21)20-18-13(12-25-20)11-24-15-8-6-5-7-14(15)18/h5-8,13,18H,4,9-12H2,1-3H3/t13-,18+,19-/m0/s1. The second kappa shape index (κ2) is 7.04. The zero-order valence-corrected chi connectivity index (χ0v) is 15.0. The monoisotopic (exact) mass is 347 g/mol. The molecule has 3 rings (SSSR count). The molecule has 1 aromatic rings. The van der Waals surface area contributed by atoms with Crippen molar-refractivity contribution in [3.63, 3.8) is 0 Å². The summed E-state index contributed by atoms with van der Waals surface area (Å²) in [6, 6.07) is 7.63. The lowest BCUT2D eigenvalue weighted by Crippen LogP contribution is -2.37. The van der Waals surface area contributed by atoms with Crippen LogP contribution in [0, 0.1) is 11.3 Å². The molecule has 0 spiro atoms. The fourth-order valence-electron chi connectivity index (χ4n) is 3.51. The summed E-state index contributed by atoms with van der Waals surface area (Å²) in [5, 5.41) is 1.50. The third-order valence-electron chi connectivity index (χ3n) is 5.29. The molecule has 25 heavy (non-hydrogen) atoms. The summed E-state index contributed by atoms with van der Waals surface area (Å²) >= 11 is 0. The number of carbonyl (C=O) groups is 2. The minimum Gasteiger partial charge on any atom is -0.493 e. The Labute approximate surface area is 148 Å². The van der Waals surface area contributed by atoms with E-state index in [-0.39, 0.29) is 36.7 Å². The lowest BCUT2D eigenvalue weighted by Gasteiger charge is -2.33. The summed E-state index contributed by atoms with van der Waals surface area (Å²) in [6.45, 7) is 4.92. The number of ether oxygens (including phenoxy) is 2. The second-order valence-electron chi connectivity index (χ2n) is 7.16. The summed E-state index contributed by atoms with van der Waals surface area (Å²) in [5.41, 5.74) is 0.534. The van der Waals surface area contributed by atoms with Crippen LogP contribution >= 0.6 is 0 Å². The number of esters is 1. The van der Waals surface area contributed by atoms with Gasteiger partial charge in [0.25, 0.3) is 0 Å². The smallest absolute Gasteiger partial charge is 0.306 e. The maximum atomic E-state index is 13.0. The van der Waals surface area contributed by atoms with E-state index in [1.54, 1.807) is 0 Å². The number of para-hydroxylation sites is 1. The Morgan fingerprint density at radius 3 is 2.76 bits per heavy atom. The molecule has 3 atom stereocenters. The Bertz CT molecular complexity index is 661. The van der Waals surface area contributed by atoms with Crippen LogP contribution in [0.25, 0.3) is 0 Å². The Hall–Kier alpha value is -2.08. The van der Waals surface area contributed by atoms with Gasteiger partial charge >= 0.3 is 5.97 Å². The lowest BCUT2D eigenvalue weighted by atomic mass is 9.80. The molecule has 2 aliphatic heterocycles. The van der Waals surface area contributed by atoms with Gasteiger partial charge in [0.15, 0.2) is 0 Å². The van der Waals surface area contributed by atoms with Gasteiger partial charge in [-0.2, -0.15) is 0 Å². The van der Waals surface area contributed by atoms with Crippen LogP contribution in [-0.4, -0.2) is 37.3 Å². The third kappa shape index (κ3) is 3.49. The van der Waals surface area contributed by atoms with Crippen LogP contribution in [-0.2, 0) is 19.2 Å². The van der Waals surface area contributed by atoms with E-state index in [0.29, 0.717) is 19.6 Å². The first-order chi connectivity index (χ1) is 12.0. The summed E-state index contributed by atoms with van der Waals surface area (Å²) in [6.07, 6.45) is 1.16. The first-order valence-electron chi connectivity index (χ1n) is 8.71. The van der Waals surface area contributed by atoms with Crippen molar-refractivity contribution in [1.29, 1.82) is 0 Å². The zero-order valence-electron chi connectivity index (χ0n) is 15.0. The topological polar surface area (TPSA) is 65.1 Å². The van der Waals surface area contributed by atoms with Crippen molar-refractivity contribution >= 4 is 11.9 Å². The number of methoxy groups -OCH3 is 1. The molecule has 0 radical (unpaired) electrons. The van der Waals surface area contributed by atoms with Crippen molar-refractivity contribution in [2.45, 2.75) is 39.2 Å². The van der Waals surface area contributed by atoms with Gasteiger partial charge in [0.2, 0.25) is 5.91 Å². The predicted octanol–water partition coefficient (Wildman–Crippen LogP) is 2.88. The summed E-state index contributed by atoms with van der Waals surface area (Å²) in [5.74, 6) is 0.540. The lowest BCUT2D eigenvalue weighted by molar-refractivity contribution is -0.180. The van der Waals surface area contributed by atoms with Crippen LogP contribution < -0.4 is 4.74 Å². The zero-order chi connectivity index (χ0) is 18.0. The van der Waals surface area contributed by atoms with Crippen LogP contribution in [0.2, 0.25) is 0 Å². The van der Waals surface area contributed by atoms with E-state index in [2.05, 4.69) is 0 Å². The van der Waals surface area contributed by atoms with Crippen molar-refractivity contribution in [3.8, 4) is 5.75 Å². The number of carbonyl (C=O) groups excluding carboxylic acids is 2. The minimum absolute atomic E-state index is 0.0996. The fraction of sp³-hybridized carbons (Fsp3) is 0.579. The van der Waals surface area contributed by atoms with Crippen molar-refractivity contribution in [2.75, 3.05) is 20.3 Å². The molecule has 136 valence electrons. The molecule has 6 heteroatoms. The van der Waals surface area contributed by atoms with Crippen LogP contribution in [0.15, 0.2) is 24.3 Å². The van der Waals surface area contributed by atoms with Crippen molar-refractivity contribution in [2.24, 2.45) is 11.3 Å². The highest BCUT2D eigenvalue weighted by molar-refractivity contribution is 5.78. The van der Waals surface area contributed by atoms with Gasteiger partial charge in [-0.05, 0) is 17.9 Å². The molecule has 1 saturated heterocycles. The van der Waals surface area contributed by atoms with Gasteiger partial charge in [0.1, 0.15) is 5.75 Å². The first-order valence-corrected chi connectivity index (χ1v) is 8.71. The SMILES string of the molecule is CC[C@](C)(CC(=O)OC)CC(=O)N1OC[C@@H]2COc3ccccc3[C@@H]21. The first kappa shape index (κ1) is 17.7. The minimum atomic E-state index is -0.448. The average Bonchev–Trinajstić information content (AvgIpc) is 3.06. The van der Waals surface area contributed by atoms with Crippen molar-refractivity contribution in [1.82, 2.24) is 5.06 Å².